The fraction of sp³-hybridized carbons (Fsp3) is 0.458. The van der Waals surface area contributed by atoms with Gasteiger partial charge in [-0.25, -0.2) is 0 Å². The molecule has 33 heavy (non-hydrogen) atoms. The molecule has 0 radical (unpaired) electrons. The number of aromatic nitrogens is 3. The van der Waals surface area contributed by atoms with Crippen LogP contribution in [0.2, 0.25) is 5.02 Å². The van der Waals surface area contributed by atoms with Crippen LogP contribution in [0.1, 0.15) is 30.0 Å². The number of piperidine rings is 1. The van der Waals surface area contributed by atoms with E-state index in [9.17, 15) is 4.79 Å². The Labute approximate surface area is 201 Å². The minimum atomic E-state index is 0.0268. The number of thioether (sulfide) groups is 1. The topological polar surface area (TPSA) is 72.3 Å². The molecule has 1 saturated heterocycles. The van der Waals surface area contributed by atoms with Crippen molar-refractivity contribution in [3.63, 3.8) is 0 Å². The standard InChI is InChI=1S/C24H26ClN5O2S/c25-18-11-28-19-1-2-22(31)30-14-15(23(18)24(19)30)13-29-5-3-16(4-6-29)26-10-17-9-21-20(12-27-17)32-7-8-33-21/h1-2,9,11-12,15-16,26H,3-8,10,13-14H2. The molecule has 3 aromatic heterocycles. The van der Waals surface area contributed by atoms with E-state index < -0.39 is 0 Å². The first-order valence-corrected chi connectivity index (χ1v) is 12.9. The second kappa shape index (κ2) is 8.91. The zero-order valence-electron chi connectivity index (χ0n) is 18.3. The Morgan fingerprint density at radius 2 is 2.09 bits per heavy atom. The zero-order chi connectivity index (χ0) is 22.4. The highest BCUT2D eigenvalue weighted by atomic mass is 35.5. The van der Waals surface area contributed by atoms with Crippen molar-refractivity contribution in [2.45, 2.75) is 42.8 Å². The molecule has 0 spiro atoms. The number of nitrogens with one attached hydrogen (secondary N) is 1. The fourth-order valence-electron chi connectivity index (χ4n) is 5.26. The van der Waals surface area contributed by atoms with E-state index in [4.69, 9.17) is 16.3 Å². The number of hydrogen-bond donors (Lipinski definition) is 1. The average molecular weight is 484 g/mol. The summed E-state index contributed by atoms with van der Waals surface area (Å²) in [4.78, 5) is 25.1. The van der Waals surface area contributed by atoms with Gasteiger partial charge in [0.05, 0.1) is 39.4 Å². The molecule has 7 nitrogen and oxygen atoms in total. The number of hydrogen-bond acceptors (Lipinski definition) is 7. The highest BCUT2D eigenvalue weighted by Crippen LogP contribution is 2.37. The molecule has 6 heterocycles. The molecule has 9 heteroatoms. The van der Waals surface area contributed by atoms with Gasteiger partial charge in [0.2, 0.25) is 0 Å². The van der Waals surface area contributed by atoms with E-state index in [1.165, 1.54) is 4.90 Å². The molecule has 172 valence electrons. The molecule has 1 atom stereocenters. The summed E-state index contributed by atoms with van der Waals surface area (Å²) in [6, 6.07) is 6.05. The Hall–Kier alpha value is -2.13. The van der Waals surface area contributed by atoms with Crippen LogP contribution in [-0.2, 0) is 13.1 Å². The van der Waals surface area contributed by atoms with E-state index in [1.54, 1.807) is 18.3 Å². The predicted molar refractivity (Wildman–Crippen MR) is 131 cm³/mol. The van der Waals surface area contributed by atoms with Crippen LogP contribution in [0.3, 0.4) is 0 Å². The third kappa shape index (κ3) is 4.14. The maximum absolute atomic E-state index is 12.4. The van der Waals surface area contributed by atoms with E-state index in [1.807, 2.05) is 22.5 Å². The molecule has 1 unspecified atom stereocenters. The summed E-state index contributed by atoms with van der Waals surface area (Å²) in [7, 11) is 0. The van der Waals surface area contributed by atoms with Crippen LogP contribution in [0.25, 0.3) is 11.0 Å². The van der Waals surface area contributed by atoms with Gasteiger partial charge in [0, 0.05) is 55.2 Å². The second-order valence-electron chi connectivity index (χ2n) is 9.01. The Kier molecular flexibility index (Phi) is 5.78. The summed E-state index contributed by atoms with van der Waals surface area (Å²) in [5.41, 5.74) is 3.94. The van der Waals surface area contributed by atoms with E-state index in [2.05, 4.69) is 26.3 Å². The molecule has 1 fully saturated rings. The van der Waals surface area contributed by atoms with E-state index in [0.29, 0.717) is 17.6 Å². The van der Waals surface area contributed by atoms with Gasteiger partial charge in [-0.2, -0.15) is 0 Å². The summed E-state index contributed by atoms with van der Waals surface area (Å²) in [6.07, 6.45) is 5.78. The summed E-state index contributed by atoms with van der Waals surface area (Å²) < 4.78 is 7.50. The number of ether oxygens (including phenoxy) is 1. The number of likely N-dealkylation sites (tertiary alicyclic amines) is 1. The second-order valence-corrected chi connectivity index (χ2v) is 10.6. The van der Waals surface area contributed by atoms with Crippen LogP contribution >= 0.6 is 23.4 Å². The first-order chi connectivity index (χ1) is 16.2. The SMILES string of the molecule is O=c1ccc2ncc(Cl)c3c2n1CC3CN1CCC(NCc2cc3c(cn2)OCCS3)CC1. The first kappa shape index (κ1) is 21.4. The molecular formula is C24H26ClN5O2S. The van der Waals surface area contributed by atoms with Crippen molar-refractivity contribution in [2.24, 2.45) is 0 Å². The van der Waals surface area contributed by atoms with Crippen molar-refractivity contribution < 1.29 is 4.74 Å². The normalized spacial score (nSPS) is 20.7. The van der Waals surface area contributed by atoms with Crippen LogP contribution < -0.4 is 15.6 Å². The maximum Gasteiger partial charge on any atom is 0.251 e. The summed E-state index contributed by atoms with van der Waals surface area (Å²) in [6.45, 7) is 5.21. The van der Waals surface area contributed by atoms with Crippen molar-refractivity contribution in [2.75, 3.05) is 32.0 Å². The molecule has 0 aromatic carbocycles. The highest BCUT2D eigenvalue weighted by molar-refractivity contribution is 7.99. The van der Waals surface area contributed by atoms with Crippen LogP contribution in [0, 0.1) is 0 Å². The Morgan fingerprint density at radius 3 is 2.97 bits per heavy atom. The quantitative estimate of drug-likeness (QED) is 0.597. The van der Waals surface area contributed by atoms with Crippen molar-refractivity contribution in [1.29, 1.82) is 0 Å². The average Bonchev–Trinajstić information content (AvgIpc) is 3.23. The fourth-order valence-corrected chi connectivity index (χ4v) is 6.41. The molecule has 6 rings (SSSR count). The molecule has 3 aliphatic rings. The largest absolute Gasteiger partial charge is 0.490 e. The number of pyridine rings is 3. The van der Waals surface area contributed by atoms with Crippen LogP contribution in [0.15, 0.2) is 40.3 Å². The molecule has 3 aliphatic heterocycles. The monoisotopic (exact) mass is 483 g/mol. The van der Waals surface area contributed by atoms with Crippen LogP contribution in [-0.4, -0.2) is 57.5 Å². The van der Waals surface area contributed by atoms with Gasteiger partial charge < -0.3 is 19.5 Å². The lowest BCUT2D eigenvalue weighted by Gasteiger charge is -2.34. The van der Waals surface area contributed by atoms with Gasteiger partial charge in [0.25, 0.3) is 5.56 Å². The lowest BCUT2D eigenvalue weighted by atomic mass is 9.98. The van der Waals surface area contributed by atoms with E-state index >= 15 is 0 Å². The lowest BCUT2D eigenvalue weighted by Crippen LogP contribution is -2.43. The van der Waals surface area contributed by atoms with Gasteiger partial charge in [0.15, 0.2) is 5.75 Å². The van der Waals surface area contributed by atoms with Crippen LogP contribution in [0.4, 0.5) is 0 Å². The maximum atomic E-state index is 12.4. The number of halogens is 1. The van der Waals surface area contributed by atoms with Gasteiger partial charge in [0.1, 0.15) is 0 Å². The number of fused-ring (bicyclic) bond motifs is 1. The molecule has 0 aliphatic carbocycles. The molecule has 0 bridgehead atoms. The number of nitrogens with zero attached hydrogens (tertiary/aromatic N) is 4. The van der Waals surface area contributed by atoms with Gasteiger partial charge in [-0.05, 0) is 38.1 Å². The Balaban J connectivity index is 1.06. The van der Waals surface area contributed by atoms with Gasteiger partial charge >= 0.3 is 0 Å². The molecule has 3 aromatic rings. The summed E-state index contributed by atoms with van der Waals surface area (Å²) >= 11 is 8.39. The minimum absolute atomic E-state index is 0.0268. The predicted octanol–water partition coefficient (Wildman–Crippen LogP) is 3.28. The van der Waals surface area contributed by atoms with Gasteiger partial charge in [-0.1, -0.05) is 11.6 Å². The number of rotatable bonds is 5. The van der Waals surface area contributed by atoms with Crippen LogP contribution in [0.5, 0.6) is 5.75 Å². The van der Waals surface area contributed by atoms with Gasteiger partial charge in [-0.3, -0.25) is 14.8 Å². The van der Waals surface area contributed by atoms with Crippen molar-refractivity contribution in [3.8, 4) is 5.75 Å². The smallest absolute Gasteiger partial charge is 0.251 e. The zero-order valence-corrected chi connectivity index (χ0v) is 19.9. The Morgan fingerprint density at radius 1 is 1.21 bits per heavy atom. The first-order valence-electron chi connectivity index (χ1n) is 11.5. The minimum Gasteiger partial charge on any atom is -0.490 e. The van der Waals surface area contributed by atoms with E-state index in [-0.39, 0.29) is 11.5 Å². The summed E-state index contributed by atoms with van der Waals surface area (Å²) in [5.74, 6) is 2.13. The molecule has 0 amide bonds. The molecular weight excluding hydrogens is 458 g/mol. The third-order valence-electron chi connectivity index (χ3n) is 6.93. The lowest BCUT2D eigenvalue weighted by molar-refractivity contribution is 0.184. The van der Waals surface area contributed by atoms with Gasteiger partial charge in [-0.15, -0.1) is 11.8 Å². The highest BCUT2D eigenvalue weighted by Gasteiger charge is 2.31. The van der Waals surface area contributed by atoms with Crippen molar-refractivity contribution in [3.05, 3.63) is 57.2 Å². The van der Waals surface area contributed by atoms with E-state index in [0.717, 1.165) is 79.4 Å². The van der Waals surface area contributed by atoms with Crippen molar-refractivity contribution >= 4 is 34.4 Å². The molecule has 0 saturated carbocycles. The Bertz CT molecular complexity index is 1260. The molecule has 1 N–H and O–H groups in total. The third-order valence-corrected chi connectivity index (χ3v) is 8.23. The van der Waals surface area contributed by atoms with Crippen molar-refractivity contribution in [1.82, 2.24) is 24.8 Å². The summed E-state index contributed by atoms with van der Waals surface area (Å²) in [5, 5.41) is 4.36.